The molecule has 0 aromatic rings. The molecular formula is C16H26N2O3S. The van der Waals surface area contributed by atoms with Gasteiger partial charge in [0.1, 0.15) is 0 Å². The van der Waals surface area contributed by atoms with Crippen LogP contribution in [0, 0.1) is 0 Å². The molecule has 2 N–H and O–H groups in total. The third kappa shape index (κ3) is 8.05. The quantitative estimate of drug-likeness (QED) is 0.305. The highest BCUT2D eigenvalue weighted by Crippen LogP contribution is 2.17. The zero-order chi connectivity index (χ0) is 17.3. The maximum absolute atomic E-state index is 11.8. The van der Waals surface area contributed by atoms with E-state index in [-0.39, 0.29) is 11.5 Å². The molecule has 22 heavy (non-hydrogen) atoms. The highest BCUT2D eigenvalue weighted by atomic mass is 32.2. The summed E-state index contributed by atoms with van der Waals surface area (Å²) in [5.41, 5.74) is 2.24. The van der Waals surface area contributed by atoms with Gasteiger partial charge in [-0.15, -0.1) is 0 Å². The van der Waals surface area contributed by atoms with Crippen molar-refractivity contribution in [2.75, 3.05) is 0 Å². The van der Waals surface area contributed by atoms with Gasteiger partial charge in [-0.3, -0.25) is 4.79 Å². The van der Waals surface area contributed by atoms with E-state index in [9.17, 15) is 13.2 Å². The van der Waals surface area contributed by atoms with Gasteiger partial charge < -0.3 is 0 Å². The third-order valence-electron chi connectivity index (χ3n) is 3.18. The fraction of sp³-hybridized carbons (Fsp3) is 0.500. The molecule has 0 atom stereocenters. The molecule has 0 saturated carbocycles. The molecule has 124 valence electrons. The molecule has 0 aromatic heterocycles. The van der Waals surface area contributed by atoms with Crippen molar-refractivity contribution in [1.29, 1.82) is 0 Å². The van der Waals surface area contributed by atoms with Crippen LogP contribution >= 0.6 is 0 Å². The maximum Gasteiger partial charge on any atom is 0.317 e. The average molecular weight is 326 g/mol. The number of ketones is 1. The minimum atomic E-state index is -4.00. The van der Waals surface area contributed by atoms with Gasteiger partial charge in [-0.25, -0.2) is 5.14 Å². The molecule has 0 spiro atoms. The Morgan fingerprint density at radius 1 is 1.23 bits per heavy atom. The van der Waals surface area contributed by atoms with Crippen LogP contribution in [0.15, 0.2) is 39.8 Å². The average Bonchev–Trinajstić information content (AvgIpc) is 2.40. The number of allylic oxidation sites excluding steroid dienone is 5. The molecule has 0 rings (SSSR count). The van der Waals surface area contributed by atoms with Crippen LogP contribution in [0.4, 0.5) is 0 Å². The molecule has 0 aliphatic carbocycles. The second-order valence-electron chi connectivity index (χ2n) is 5.23. The van der Waals surface area contributed by atoms with Crippen molar-refractivity contribution in [3.63, 3.8) is 0 Å². The summed E-state index contributed by atoms with van der Waals surface area (Å²) in [6.45, 7) is 10.7. The summed E-state index contributed by atoms with van der Waals surface area (Å²) in [5, 5.41) is 4.91. The Balaban J connectivity index is 5.63. The van der Waals surface area contributed by atoms with Gasteiger partial charge in [0.15, 0.2) is 5.78 Å². The predicted octanol–water partition coefficient (Wildman–Crippen LogP) is 3.25. The van der Waals surface area contributed by atoms with Crippen LogP contribution in [-0.4, -0.2) is 19.9 Å². The van der Waals surface area contributed by atoms with Crippen LogP contribution < -0.4 is 5.14 Å². The lowest BCUT2D eigenvalue weighted by Crippen LogP contribution is -2.12. The first kappa shape index (κ1) is 20.5. The Hall–Kier alpha value is -1.53. The summed E-state index contributed by atoms with van der Waals surface area (Å²) in [7, 11) is -4.00. The van der Waals surface area contributed by atoms with E-state index in [4.69, 9.17) is 5.14 Å². The number of nitrogens with two attached hydrogens (primary N) is 1. The van der Waals surface area contributed by atoms with Crippen LogP contribution in [0.3, 0.4) is 0 Å². The van der Waals surface area contributed by atoms with E-state index >= 15 is 0 Å². The molecular weight excluding hydrogens is 300 g/mol. The van der Waals surface area contributed by atoms with Crippen molar-refractivity contribution < 1.29 is 13.2 Å². The van der Waals surface area contributed by atoms with E-state index in [1.807, 2.05) is 6.92 Å². The van der Waals surface area contributed by atoms with Crippen LogP contribution in [0.1, 0.15) is 53.4 Å². The summed E-state index contributed by atoms with van der Waals surface area (Å²) >= 11 is 0. The highest BCUT2D eigenvalue weighted by Gasteiger charge is 2.09. The molecule has 5 nitrogen and oxygen atoms in total. The molecule has 0 unspecified atom stereocenters. The molecule has 0 aliphatic heterocycles. The zero-order valence-electron chi connectivity index (χ0n) is 13.8. The van der Waals surface area contributed by atoms with Crippen molar-refractivity contribution in [2.24, 2.45) is 9.54 Å². The minimum Gasteiger partial charge on any atom is -0.295 e. The molecule has 0 bridgehead atoms. The monoisotopic (exact) mass is 326 g/mol. The molecule has 0 heterocycles. The lowest BCUT2D eigenvalue weighted by atomic mass is 9.97. The molecule has 0 aromatic carbocycles. The van der Waals surface area contributed by atoms with E-state index < -0.39 is 10.2 Å². The third-order valence-corrected chi connectivity index (χ3v) is 3.63. The second kappa shape index (κ2) is 9.48. The summed E-state index contributed by atoms with van der Waals surface area (Å²) in [6.07, 6.45) is 7.03. The first-order chi connectivity index (χ1) is 10.1. The van der Waals surface area contributed by atoms with E-state index in [1.54, 1.807) is 13.0 Å². The molecule has 0 radical (unpaired) electrons. The number of rotatable bonds is 9. The summed E-state index contributed by atoms with van der Waals surface area (Å²) in [4.78, 5) is 11.8. The van der Waals surface area contributed by atoms with Gasteiger partial charge in [0, 0.05) is 5.57 Å². The Kier molecular flexibility index (Phi) is 8.82. The van der Waals surface area contributed by atoms with Gasteiger partial charge >= 0.3 is 10.2 Å². The molecule has 0 aliphatic rings. The zero-order valence-corrected chi connectivity index (χ0v) is 14.7. The standard InChI is InChI=1S/C16H26N2O3S/c1-6-8-9-10-12(3)15(14(5)19)11-13(4)16(7-2)18-22(17,20)21/h7,11H,2,6,8-10H2,1,3-5H3,(H2,17,20,21)/b13-11+,15-12-,18-16?. The number of carbonyl (C=O) groups is 1. The van der Waals surface area contributed by atoms with Gasteiger partial charge in [0.25, 0.3) is 0 Å². The number of Topliss-reactive ketones (excluding diaryl/α,β-unsaturated/α-hetero) is 1. The van der Waals surface area contributed by atoms with Gasteiger partial charge in [-0.05, 0) is 51.3 Å². The van der Waals surface area contributed by atoms with Crippen LogP contribution in [0.2, 0.25) is 0 Å². The first-order valence-electron chi connectivity index (χ1n) is 7.26. The van der Waals surface area contributed by atoms with E-state index in [0.29, 0.717) is 11.1 Å². The van der Waals surface area contributed by atoms with Crippen molar-refractivity contribution in [3.8, 4) is 0 Å². The minimum absolute atomic E-state index is 0.0626. The fourth-order valence-corrected chi connectivity index (χ4v) is 2.49. The van der Waals surface area contributed by atoms with Gasteiger partial charge in [0.2, 0.25) is 0 Å². The number of carbonyl (C=O) groups excluding carboxylic acids is 1. The topological polar surface area (TPSA) is 89.6 Å². The molecule has 0 saturated heterocycles. The SMILES string of the molecule is C=CC(=NS(N)(=O)=O)/C(C)=C/C(C(C)=O)=C(\C)CCCCC. The molecule has 0 amide bonds. The molecule has 0 fully saturated rings. The van der Waals surface area contributed by atoms with E-state index in [1.165, 1.54) is 13.0 Å². The Morgan fingerprint density at radius 3 is 2.23 bits per heavy atom. The number of nitrogens with zero attached hydrogens (tertiary/aromatic N) is 1. The molecule has 6 heteroatoms. The smallest absolute Gasteiger partial charge is 0.295 e. The Bertz CT molecular complexity index is 611. The highest BCUT2D eigenvalue weighted by molar-refractivity contribution is 7.88. The summed E-state index contributed by atoms with van der Waals surface area (Å²) in [5.74, 6) is -0.0626. The van der Waals surface area contributed by atoms with E-state index in [0.717, 1.165) is 31.3 Å². The number of hydrogen-bond acceptors (Lipinski definition) is 3. The summed E-state index contributed by atoms with van der Waals surface area (Å²) < 4.78 is 25.6. The lowest BCUT2D eigenvalue weighted by molar-refractivity contribution is -0.113. The lowest BCUT2D eigenvalue weighted by Gasteiger charge is -2.08. The maximum atomic E-state index is 11.8. The van der Waals surface area contributed by atoms with Crippen LogP contribution in [-0.2, 0) is 15.0 Å². The van der Waals surface area contributed by atoms with Gasteiger partial charge in [-0.2, -0.15) is 12.8 Å². The number of hydrogen-bond donors (Lipinski definition) is 1. The fourth-order valence-electron chi connectivity index (χ4n) is 2.00. The van der Waals surface area contributed by atoms with Crippen LogP contribution in [0.25, 0.3) is 0 Å². The second-order valence-corrected chi connectivity index (χ2v) is 6.44. The predicted molar refractivity (Wildman–Crippen MR) is 92.0 cm³/mol. The van der Waals surface area contributed by atoms with Crippen molar-refractivity contribution in [3.05, 3.63) is 35.5 Å². The first-order valence-corrected chi connectivity index (χ1v) is 8.77. The number of unbranched alkanes of at least 4 members (excludes halogenated alkanes) is 2. The Morgan fingerprint density at radius 2 is 1.82 bits per heavy atom. The van der Waals surface area contributed by atoms with Crippen molar-refractivity contribution in [1.82, 2.24) is 0 Å². The normalized spacial score (nSPS) is 14.6. The van der Waals surface area contributed by atoms with Gasteiger partial charge in [0.05, 0.1) is 5.71 Å². The Labute approximate surface area is 133 Å². The summed E-state index contributed by atoms with van der Waals surface area (Å²) in [6, 6.07) is 0. The van der Waals surface area contributed by atoms with Crippen molar-refractivity contribution in [2.45, 2.75) is 53.4 Å². The largest absolute Gasteiger partial charge is 0.317 e. The van der Waals surface area contributed by atoms with Crippen LogP contribution in [0.5, 0.6) is 0 Å². The van der Waals surface area contributed by atoms with E-state index in [2.05, 4.69) is 17.9 Å². The van der Waals surface area contributed by atoms with Gasteiger partial charge in [-0.1, -0.05) is 31.9 Å². The van der Waals surface area contributed by atoms with Crippen molar-refractivity contribution >= 4 is 21.7 Å².